The van der Waals surface area contributed by atoms with Crippen LogP contribution in [0.5, 0.6) is 0 Å². The maximum Gasteiger partial charge on any atom is 0.271 e. The lowest BCUT2D eigenvalue weighted by atomic mass is 10.0. The summed E-state index contributed by atoms with van der Waals surface area (Å²) in [4.78, 5) is 25.3. The van der Waals surface area contributed by atoms with Gasteiger partial charge in [0.2, 0.25) is 0 Å². The Kier molecular flexibility index (Phi) is 7.37. The van der Waals surface area contributed by atoms with Gasteiger partial charge in [0, 0.05) is 63.2 Å². The average Bonchev–Trinajstić information content (AvgIpc) is 3.52. The molecule has 1 aliphatic carbocycles. The highest BCUT2D eigenvalue weighted by Gasteiger charge is 2.30. The number of ether oxygens (including phenoxy) is 1. The van der Waals surface area contributed by atoms with Crippen molar-refractivity contribution in [2.45, 2.75) is 76.3 Å². The number of nitrogens with zero attached hydrogens (tertiary/aromatic N) is 2. The highest BCUT2D eigenvalue weighted by Crippen LogP contribution is 2.52. The zero-order valence-electron chi connectivity index (χ0n) is 22.2. The van der Waals surface area contributed by atoms with Gasteiger partial charge in [-0.25, -0.2) is 0 Å². The van der Waals surface area contributed by atoms with Gasteiger partial charge in [0.25, 0.3) is 5.56 Å². The minimum Gasteiger partial charge on any atom is -0.381 e. The number of rotatable bonds is 5. The van der Waals surface area contributed by atoms with E-state index in [0.29, 0.717) is 24.9 Å². The normalized spacial score (nSPS) is 23.8. The minimum absolute atomic E-state index is 0.0454. The Hall–Kier alpha value is -2.39. The number of aromatic nitrogens is 1. The third kappa shape index (κ3) is 5.36. The zero-order valence-corrected chi connectivity index (χ0v) is 23.9. The quantitative estimate of drug-likeness (QED) is 0.293. The molecule has 0 radical (unpaired) electrons. The van der Waals surface area contributed by atoms with E-state index in [1.54, 1.807) is 6.20 Å². The summed E-state index contributed by atoms with van der Waals surface area (Å²) in [5.41, 5.74) is 3.12. The van der Waals surface area contributed by atoms with Gasteiger partial charge < -0.3 is 19.9 Å². The first kappa shape index (κ1) is 25.6. The first-order valence-corrected chi connectivity index (χ1v) is 16.0. The molecule has 7 rings (SSSR count). The highest BCUT2D eigenvalue weighted by atomic mass is 32.2. The second-order valence-electron chi connectivity index (χ2n) is 11.1. The molecule has 3 fully saturated rings. The lowest BCUT2D eigenvalue weighted by Crippen LogP contribution is -2.46. The van der Waals surface area contributed by atoms with E-state index in [1.807, 2.05) is 35.7 Å². The van der Waals surface area contributed by atoms with Crippen LogP contribution < -0.4 is 15.8 Å². The van der Waals surface area contributed by atoms with Gasteiger partial charge in [0.05, 0.1) is 6.61 Å². The Labute approximate surface area is 238 Å². The van der Waals surface area contributed by atoms with Gasteiger partial charge in [0.15, 0.2) is 0 Å². The van der Waals surface area contributed by atoms with Crippen molar-refractivity contribution in [3.63, 3.8) is 0 Å². The maximum absolute atomic E-state index is 12.4. The number of anilines is 2. The maximum atomic E-state index is 12.4. The molecule has 2 atom stereocenters. The Morgan fingerprint density at radius 2 is 1.82 bits per heavy atom. The van der Waals surface area contributed by atoms with E-state index in [2.05, 4.69) is 56.5 Å². The number of fused-ring (bicyclic) bond motifs is 2. The van der Waals surface area contributed by atoms with E-state index < -0.39 is 0 Å². The van der Waals surface area contributed by atoms with Crippen molar-refractivity contribution >= 4 is 34.9 Å². The number of nitrogens with one attached hydrogen (secondary N) is 2. The van der Waals surface area contributed by atoms with Crippen molar-refractivity contribution in [2.24, 2.45) is 0 Å². The fourth-order valence-electron chi connectivity index (χ4n) is 6.65. The van der Waals surface area contributed by atoms with E-state index in [1.165, 1.54) is 82.4 Å². The topological polar surface area (TPSA) is 60.6 Å². The average molecular weight is 561 g/mol. The summed E-state index contributed by atoms with van der Waals surface area (Å²) in [6, 6.07) is 18.6. The van der Waals surface area contributed by atoms with Gasteiger partial charge in [-0.1, -0.05) is 48.5 Å². The number of hydrogen-bond donors (Lipinski definition) is 2. The number of aromatic amines is 1. The van der Waals surface area contributed by atoms with Crippen molar-refractivity contribution in [2.75, 3.05) is 43.0 Å². The summed E-state index contributed by atoms with van der Waals surface area (Å²) in [5, 5.41) is 3.88. The molecule has 0 bridgehead atoms. The van der Waals surface area contributed by atoms with Crippen molar-refractivity contribution in [3.8, 4) is 0 Å². The van der Waals surface area contributed by atoms with Crippen molar-refractivity contribution in [3.05, 3.63) is 70.6 Å². The monoisotopic (exact) mass is 560 g/mol. The first-order chi connectivity index (χ1) is 19.2. The molecular weight excluding hydrogens is 525 g/mol. The van der Waals surface area contributed by atoms with Crippen LogP contribution in [0.25, 0.3) is 0 Å². The van der Waals surface area contributed by atoms with Crippen LogP contribution in [0.1, 0.15) is 50.2 Å². The minimum atomic E-state index is -0.0713. The second-order valence-corrected chi connectivity index (χ2v) is 13.3. The van der Waals surface area contributed by atoms with Crippen molar-refractivity contribution < 1.29 is 4.74 Å². The number of H-pyrrole nitrogens is 1. The van der Waals surface area contributed by atoms with Crippen LogP contribution in [0, 0.1) is 0 Å². The summed E-state index contributed by atoms with van der Waals surface area (Å²) in [5.74, 6) is 0. The summed E-state index contributed by atoms with van der Waals surface area (Å²) >= 11 is 3.71. The molecule has 2 N–H and O–H groups in total. The lowest BCUT2D eigenvalue weighted by Gasteiger charge is -2.37. The van der Waals surface area contributed by atoms with Gasteiger partial charge in [-0.15, -0.1) is 0 Å². The van der Waals surface area contributed by atoms with Crippen LogP contribution in [-0.4, -0.2) is 54.8 Å². The molecule has 1 saturated carbocycles. The van der Waals surface area contributed by atoms with Crippen LogP contribution in [0.2, 0.25) is 0 Å². The Bertz CT molecular complexity index is 1390. The molecule has 2 aromatic carbocycles. The molecule has 6 nitrogen and oxygen atoms in total. The van der Waals surface area contributed by atoms with Crippen LogP contribution in [0.3, 0.4) is 0 Å². The molecule has 39 heavy (non-hydrogen) atoms. The summed E-state index contributed by atoms with van der Waals surface area (Å²) < 4.78 is 6.27. The Balaban J connectivity index is 1.06. The standard InChI is InChI=1S/C31H36N4O2S2/c36-31-25(10-4-14-32-31)35-16-17-37-26(20-35)24-9-3-11-28-30(24)39-27-13-12-21(18-29(27)38-28)33-22-6-5-15-34(19-22)23-7-1-2-8-23/h3-4,9-14,18,22-23,26,33H,1-2,5-8,15-17,19-20H2,(H,32,36). The molecule has 4 heterocycles. The highest BCUT2D eigenvalue weighted by molar-refractivity contribution is 8.05. The molecule has 2 unspecified atom stereocenters. The Morgan fingerprint density at radius 3 is 2.72 bits per heavy atom. The smallest absolute Gasteiger partial charge is 0.271 e. The van der Waals surface area contributed by atoms with E-state index >= 15 is 0 Å². The third-order valence-corrected chi connectivity index (χ3v) is 11.2. The molecule has 1 aromatic heterocycles. The van der Waals surface area contributed by atoms with Crippen molar-refractivity contribution in [1.82, 2.24) is 9.88 Å². The van der Waals surface area contributed by atoms with Gasteiger partial charge in [-0.3, -0.25) is 9.69 Å². The molecule has 0 amide bonds. The number of likely N-dealkylation sites (tertiary alicyclic amines) is 1. The lowest BCUT2D eigenvalue weighted by molar-refractivity contribution is 0.0378. The number of morpholine rings is 1. The van der Waals surface area contributed by atoms with Gasteiger partial charge in [-0.05, 0) is 74.2 Å². The second kappa shape index (κ2) is 11.2. The molecule has 0 spiro atoms. The molecule has 4 aliphatic rings. The van der Waals surface area contributed by atoms with E-state index in [0.717, 1.165) is 12.6 Å². The van der Waals surface area contributed by atoms with Crippen LogP contribution in [0.15, 0.2) is 79.1 Å². The van der Waals surface area contributed by atoms with Crippen molar-refractivity contribution in [1.29, 1.82) is 0 Å². The molecular formula is C31H36N4O2S2. The molecule has 204 valence electrons. The molecule has 3 aliphatic heterocycles. The summed E-state index contributed by atoms with van der Waals surface area (Å²) in [6.07, 6.45) is 9.73. The largest absolute Gasteiger partial charge is 0.381 e. The van der Waals surface area contributed by atoms with Crippen LogP contribution in [-0.2, 0) is 4.74 Å². The van der Waals surface area contributed by atoms with Gasteiger partial charge >= 0.3 is 0 Å². The SMILES string of the molecule is O=c1[nH]cccc1N1CCOC(c2cccc3c2Sc2ccc(NC4CCCN(C5CCCC5)C4)cc2S3)C1. The summed E-state index contributed by atoms with van der Waals surface area (Å²) in [6.45, 7) is 4.43. The zero-order chi connectivity index (χ0) is 26.2. The van der Waals surface area contributed by atoms with Gasteiger partial charge in [0.1, 0.15) is 11.8 Å². The molecule has 2 saturated heterocycles. The molecule has 3 aromatic rings. The third-order valence-electron chi connectivity index (χ3n) is 8.60. The number of piperidine rings is 1. The van der Waals surface area contributed by atoms with E-state index in [-0.39, 0.29) is 11.7 Å². The predicted octanol–water partition coefficient (Wildman–Crippen LogP) is 6.39. The predicted molar refractivity (Wildman–Crippen MR) is 160 cm³/mol. The number of benzene rings is 2. The number of hydrogen-bond acceptors (Lipinski definition) is 7. The van der Waals surface area contributed by atoms with E-state index in [9.17, 15) is 4.79 Å². The first-order valence-electron chi connectivity index (χ1n) is 14.4. The van der Waals surface area contributed by atoms with Gasteiger partial charge in [-0.2, -0.15) is 0 Å². The van der Waals surface area contributed by atoms with Crippen LogP contribution in [0.4, 0.5) is 11.4 Å². The summed E-state index contributed by atoms with van der Waals surface area (Å²) in [7, 11) is 0. The fourth-order valence-corrected chi connectivity index (χ4v) is 9.10. The fraction of sp³-hybridized carbons (Fsp3) is 0.452. The van der Waals surface area contributed by atoms with Crippen LogP contribution >= 0.6 is 23.5 Å². The Morgan fingerprint density at radius 1 is 0.897 bits per heavy atom. The number of pyridine rings is 1. The van der Waals surface area contributed by atoms with E-state index in [4.69, 9.17) is 4.74 Å². The molecule has 8 heteroatoms.